The second-order valence-corrected chi connectivity index (χ2v) is 4.38. The van der Waals surface area contributed by atoms with Gasteiger partial charge in [0.25, 0.3) is 0 Å². The Hall–Kier alpha value is -1.51. The lowest BCUT2D eigenvalue weighted by atomic mass is 9.85. The van der Waals surface area contributed by atoms with E-state index in [4.69, 9.17) is 5.73 Å². The molecule has 2 aromatic rings. The highest BCUT2D eigenvalue weighted by Gasteiger charge is 2.19. The fourth-order valence-electron chi connectivity index (χ4n) is 2.21. The smallest absolute Gasteiger partial charge is 0.153 e. The van der Waals surface area contributed by atoms with E-state index in [1.54, 1.807) is 0 Å². The molecule has 1 heterocycles. The maximum Gasteiger partial charge on any atom is 0.153 e. The Labute approximate surface area is 88.9 Å². The highest BCUT2D eigenvalue weighted by Crippen LogP contribution is 2.29. The zero-order chi connectivity index (χ0) is 10.3. The standard InChI is InChI=1S/C12H15N3/c13-12-10-6-1-2-7-11(10)15(14-12)8-9-4-3-5-9/h1-2,6-7,9H,3-5,8H2,(H2,13,14). The van der Waals surface area contributed by atoms with Crippen molar-refractivity contribution in [2.75, 3.05) is 5.73 Å². The Kier molecular flexibility index (Phi) is 1.91. The van der Waals surface area contributed by atoms with Gasteiger partial charge in [0, 0.05) is 11.9 Å². The van der Waals surface area contributed by atoms with Crippen molar-refractivity contribution in [3.05, 3.63) is 24.3 Å². The van der Waals surface area contributed by atoms with Crippen LogP contribution in [0.2, 0.25) is 0 Å². The van der Waals surface area contributed by atoms with Crippen LogP contribution in [0, 0.1) is 5.92 Å². The zero-order valence-corrected chi connectivity index (χ0v) is 8.69. The average Bonchev–Trinajstić information content (AvgIpc) is 2.51. The molecule has 1 fully saturated rings. The van der Waals surface area contributed by atoms with Crippen LogP contribution in [-0.4, -0.2) is 9.78 Å². The number of fused-ring (bicyclic) bond motifs is 1. The largest absolute Gasteiger partial charge is 0.382 e. The Morgan fingerprint density at radius 3 is 2.87 bits per heavy atom. The quantitative estimate of drug-likeness (QED) is 0.810. The van der Waals surface area contributed by atoms with Gasteiger partial charge in [-0.15, -0.1) is 0 Å². The first-order valence-corrected chi connectivity index (χ1v) is 5.55. The summed E-state index contributed by atoms with van der Waals surface area (Å²) in [7, 11) is 0. The van der Waals surface area contributed by atoms with E-state index in [9.17, 15) is 0 Å². The first kappa shape index (κ1) is 8.77. The molecule has 3 heteroatoms. The molecule has 1 aromatic carbocycles. The van der Waals surface area contributed by atoms with Gasteiger partial charge < -0.3 is 5.73 Å². The number of hydrogen-bond acceptors (Lipinski definition) is 2. The number of aromatic nitrogens is 2. The summed E-state index contributed by atoms with van der Waals surface area (Å²) in [6, 6.07) is 8.18. The molecular formula is C12H15N3. The molecule has 0 unspecified atom stereocenters. The maximum absolute atomic E-state index is 5.88. The van der Waals surface area contributed by atoms with Gasteiger partial charge in [0.2, 0.25) is 0 Å². The van der Waals surface area contributed by atoms with E-state index in [-0.39, 0.29) is 0 Å². The Bertz CT molecular complexity index is 483. The molecule has 0 saturated heterocycles. The van der Waals surface area contributed by atoms with E-state index in [2.05, 4.69) is 15.8 Å². The number of nitrogens with two attached hydrogens (primary N) is 1. The molecular weight excluding hydrogens is 186 g/mol. The zero-order valence-electron chi connectivity index (χ0n) is 8.69. The van der Waals surface area contributed by atoms with Crippen molar-refractivity contribution in [2.45, 2.75) is 25.8 Å². The number of benzene rings is 1. The first-order chi connectivity index (χ1) is 7.34. The van der Waals surface area contributed by atoms with Crippen LogP contribution >= 0.6 is 0 Å². The first-order valence-electron chi connectivity index (χ1n) is 5.55. The van der Waals surface area contributed by atoms with Crippen molar-refractivity contribution in [2.24, 2.45) is 5.92 Å². The summed E-state index contributed by atoms with van der Waals surface area (Å²) in [6.45, 7) is 1.03. The molecule has 78 valence electrons. The van der Waals surface area contributed by atoms with Gasteiger partial charge in [-0.05, 0) is 30.9 Å². The molecule has 1 aliphatic rings. The monoisotopic (exact) mass is 201 g/mol. The fraction of sp³-hybridized carbons (Fsp3) is 0.417. The van der Waals surface area contributed by atoms with Crippen LogP contribution in [0.3, 0.4) is 0 Å². The molecule has 0 radical (unpaired) electrons. The molecule has 3 nitrogen and oxygen atoms in total. The van der Waals surface area contributed by atoms with Crippen LogP contribution in [0.5, 0.6) is 0 Å². The average molecular weight is 201 g/mol. The molecule has 0 aliphatic heterocycles. The molecule has 0 bridgehead atoms. The highest BCUT2D eigenvalue weighted by molar-refractivity contribution is 5.88. The van der Waals surface area contributed by atoms with Gasteiger partial charge >= 0.3 is 0 Å². The third-order valence-electron chi connectivity index (χ3n) is 3.34. The van der Waals surface area contributed by atoms with Crippen molar-refractivity contribution < 1.29 is 0 Å². The lowest BCUT2D eigenvalue weighted by Crippen LogP contribution is -2.18. The van der Waals surface area contributed by atoms with Gasteiger partial charge in [-0.1, -0.05) is 18.6 Å². The Morgan fingerprint density at radius 2 is 2.13 bits per heavy atom. The number of anilines is 1. The van der Waals surface area contributed by atoms with E-state index in [0.29, 0.717) is 5.82 Å². The minimum absolute atomic E-state index is 0.657. The van der Waals surface area contributed by atoms with Gasteiger partial charge in [0.05, 0.1) is 5.52 Å². The van der Waals surface area contributed by atoms with Gasteiger partial charge in [0.15, 0.2) is 5.82 Å². The van der Waals surface area contributed by atoms with Crippen molar-refractivity contribution in [3.8, 4) is 0 Å². The second kappa shape index (κ2) is 3.26. The molecule has 1 saturated carbocycles. The molecule has 0 atom stereocenters. The van der Waals surface area contributed by atoms with E-state index < -0.39 is 0 Å². The summed E-state index contributed by atoms with van der Waals surface area (Å²) in [4.78, 5) is 0. The maximum atomic E-state index is 5.88. The predicted octanol–water partition coefficient (Wildman–Crippen LogP) is 2.42. The molecule has 15 heavy (non-hydrogen) atoms. The van der Waals surface area contributed by atoms with E-state index in [1.807, 2.05) is 18.2 Å². The topological polar surface area (TPSA) is 43.8 Å². The number of hydrogen-bond donors (Lipinski definition) is 1. The number of nitrogen functional groups attached to an aromatic ring is 1. The lowest BCUT2D eigenvalue weighted by Gasteiger charge is -2.25. The van der Waals surface area contributed by atoms with E-state index in [0.717, 1.165) is 17.8 Å². The summed E-state index contributed by atoms with van der Waals surface area (Å²) >= 11 is 0. The molecule has 1 aromatic heterocycles. The van der Waals surface area contributed by atoms with Crippen LogP contribution in [0.25, 0.3) is 10.9 Å². The minimum Gasteiger partial charge on any atom is -0.382 e. The van der Waals surface area contributed by atoms with Gasteiger partial charge in [0.1, 0.15) is 0 Å². The molecule has 3 rings (SSSR count). The van der Waals surface area contributed by atoms with Crippen LogP contribution in [0.1, 0.15) is 19.3 Å². The van der Waals surface area contributed by atoms with Crippen LogP contribution in [-0.2, 0) is 6.54 Å². The van der Waals surface area contributed by atoms with Crippen molar-refractivity contribution in [3.63, 3.8) is 0 Å². The third kappa shape index (κ3) is 1.39. The summed E-state index contributed by atoms with van der Waals surface area (Å²) in [5.74, 6) is 1.47. The van der Waals surface area contributed by atoms with Gasteiger partial charge in [-0.2, -0.15) is 5.10 Å². The summed E-state index contributed by atoms with van der Waals surface area (Å²) in [5.41, 5.74) is 7.05. The second-order valence-electron chi connectivity index (χ2n) is 4.38. The lowest BCUT2D eigenvalue weighted by molar-refractivity contribution is 0.270. The number of para-hydroxylation sites is 1. The third-order valence-corrected chi connectivity index (χ3v) is 3.34. The van der Waals surface area contributed by atoms with Crippen LogP contribution in [0.15, 0.2) is 24.3 Å². The Balaban J connectivity index is 2.02. The van der Waals surface area contributed by atoms with E-state index in [1.165, 1.54) is 24.8 Å². The van der Waals surface area contributed by atoms with E-state index >= 15 is 0 Å². The molecule has 0 amide bonds. The minimum atomic E-state index is 0.657. The summed E-state index contributed by atoms with van der Waals surface area (Å²) in [5, 5.41) is 5.49. The fourth-order valence-corrected chi connectivity index (χ4v) is 2.21. The normalized spacial score (nSPS) is 16.8. The highest BCUT2D eigenvalue weighted by atomic mass is 15.3. The molecule has 2 N–H and O–H groups in total. The van der Waals surface area contributed by atoms with Gasteiger partial charge in [-0.25, -0.2) is 0 Å². The van der Waals surface area contributed by atoms with Crippen LogP contribution in [0.4, 0.5) is 5.82 Å². The Morgan fingerprint density at radius 1 is 1.33 bits per heavy atom. The SMILES string of the molecule is Nc1nn(CC2CCC2)c2ccccc12. The van der Waals surface area contributed by atoms with Gasteiger partial charge in [-0.3, -0.25) is 4.68 Å². The number of nitrogens with zero attached hydrogens (tertiary/aromatic N) is 2. The van der Waals surface area contributed by atoms with Crippen molar-refractivity contribution >= 4 is 16.7 Å². The summed E-state index contributed by atoms with van der Waals surface area (Å²) in [6.07, 6.45) is 4.06. The van der Waals surface area contributed by atoms with Crippen LogP contribution < -0.4 is 5.73 Å². The predicted molar refractivity (Wildman–Crippen MR) is 61.5 cm³/mol. The van der Waals surface area contributed by atoms with Crippen molar-refractivity contribution in [1.29, 1.82) is 0 Å². The number of rotatable bonds is 2. The molecule has 0 spiro atoms. The van der Waals surface area contributed by atoms with Crippen molar-refractivity contribution in [1.82, 2.24) is 9.78 Å². The molecule has 1 aliphatic carbocycles. The summed E-state index contributed by atoms with van der Waals surface area (Å²) < 4.78 is 2.06.